The van der Waals surface area contributed by atoms with Gasteiger partial charge in [-0.3, -0.25) is 4.79 Å². The highest BCUT2D eigenvalue weighted by atomic mass is 32.2. The van der Waals surface area contributed by atoms with Gasteiger partial charge in [0.25, 0.3) is 0 Å². The van der Waals surface area contributed by atoms with Crippen LogP contribution in [0.5, 0.6) is 0 Å². The van der Waals surface area contributed by atoms with Crippen molar-refractivity contribution in [3.8, 4) is 0 Å². The van der Waals surface area contributed by atoms with Gasteiger partial charge in [0, 0.05) is 37.3 Å². The number of hydrogen-bond acceptors (Lipinski definition) is 6. The first kappa shape index (κ1) is 22.5. The van der Waals surface area contributed by atoms with Crippen molar-refractivity contribution in [2.45, 2.75) is 44.7 Å². The zero-order valence-electron chi connectivity index (χ0n) is 18.4. The second-order valence-corrected chi connectivity index (χ2v) is 10.7. The van der Waals surface area contributed by atoms with E-state index in [4.69, 9.17) is 5.73 Å². The minimum atomic E-state index is -3.39. The molecule has 0 spiro atoms. The molecule has 2 N–H and O–H groups in total. The number of rotatable bonds is 7. The van der Waals surface area contributed by atoms with Crippen LogP contribution in [0.3, 0.4) is 0 Å². The molecule has 2 aromatic carbocycles. The van der Waals surface area contributed by atoms with Crippen LogP contribution in [-0.2, 0) is 16.6 Å². The minimum Gasteiger partial charge on any atom is -0.369 e. The Morgan fingerprint density at radius 1 is 1.09 bits per heavy atom. The topological polar surface area (TPSA) is 96.1 Å². The zero-order valence-corrected chi connectivity index (χ0v) is 19.2. The number of nitrogens with zero attached hydrogens (tertiary/aromatic N) is 3. The Kier molecular flexibility index (Phi) is 6.62. The summed E-state index contributed by atoms with van der Waals surface area (Å²) >= 11 is 0. The normalized spacial score (nSPS) is 17.2. The summed E-state index contributed by atoms with van der Waals surface area (Å²) in [5.41, 5.74) is 8.91. The van der Waals surface area contributed by atoms with Gasteiger partial charge in [-0.05, 0) is 36.6 Å². The van der Waals surface area contributed by atoms with Gasteiger partial charge in [0.15, 0.2) is 11.7 Å². The number of aliphatic imine (C=N–C) groups is 1. The number of hydrogen-bond donors (Lipinski definition) is 1. The van der Waals surface area contributed by atoms with E-state index < -0.39 is 10.0 Å². The third kappa shape index (κ3) is 4.86. The molecule has 2 aliphatic rings. The molecular weight excluding hydrogens is 424 g/mol. The van der Waals surface area contributed by atoms with Crippen molar-refractivity contribution in [1.29, 1.82) is 0 Å². The highest BCUT2D eigenvalue weighted by Gasteiger charge is 2.29. The van der Waals surface area contributed by atoms with Gasteiger partial charge in [-0.1, -0.05) is 49.6 Å². The molecule has 0 saturated heterocycles. The van der Waals surface area contributed by atoms with E-state index in [2.05, 4.69) is 4.99 Å². The number of guanidine groups is 1. The molecule has 0 atom stereocenters. The average molecular weight is 455 g/mol. The Hall–Kier alpha value is -2.71. The van der Waals surface area contributed by atoms with Gasteiger partial charge in [0.2, 0.25) is 10.0 Å². The van der Waals surface area contributed by atoms with Crippen LogP contribution >= 0.6 is 0 Å². The van der Waals surface area contributed by atoms with Crippen LogP contribution in [0.4, 0.5) is 5.69 Å². The maximum atomic E-state index is 12.9. The summed E-state index contributed by atoms with van der Waals surface area (Å²) in [5, 5.41) is 0. The maximum absolute atomic E-state index is 12.9. The fourth-order valence-corrected chi connectivity index (χ4v) is 5.84. The smallest absolute Gasteiger partial charge is 0.215 e. The molecule has 0 amide bonds. The molecule has 1 saturated carbocycles. The Morgan fingerprint density at radius 3 is 2.53 bits per heavy atom. The van der Waals surface area contributed by atoms with Crippen molar-refractivity contribution in [3.63, 3.8) is 0 Å². The van der Waals surface area contributed by atoms with Crippen LogP contribution < -0.4 is 5.73 Å². The van der Waals surface area contributed by atoms with E-state index in [0.29, 0.717) is 29.3 Å². The van der Waals surface area contributed by atoms with Gasteiger partial charge in [-0.2, -0.15) is 0 Å². The van der Waals surface area contributed by atoms with Gasteiger partial charge < -0.3 is 10.6 Å². The second-order valence-electron chi connectivity index (χ2n) is 8.55. The molecule has 8 heteroatoms. The van der Waals surface area contributed by atoms with Crippen LogP contribution in [0.1, 0.15) is 53.6 Å². The molecule has 7 nitrogen and oxygen atoms in total. The first-order valence-electron chi connectivity index (χ1n) is 11.1. The number of nitrogens with two attached hydrogens (primary N) is 1. The van der Waals surface area contributed by atoms with Crippen molar-refractivity contribution in [2.75, 3.05) is 19.3 Å². The lowest BCUT2D eigenvalue weighted by atomic mass is 9.96. The molecule has 1 aliphatic heterocycles. The lowest BCUT2D eigenvalue weighted by molar-refractivity contribution is 0.103. The van der Waals surface area contributed by atoms with Crippen LogP contribution in [0, 0.1) is 0 Å². The minimum absolute atomic E-state index is 0.0197. The number of ketones is 1. The molecule has 1 fully saturated rings. The largest absolute Gasteiger partial charge is 0.369 e. The Labute approximate surface area is 190 Å². The molecule has 2 aromatic rings. The van der Waals surface area contributed by atoms with Gasteiger partial charge in [-0.15, -0.1) is 0 Å². The highest BCUT2D eigenvalue weighted by molar-refractivity contribution is 7.89. The van der Waals surface area contributed by atoms with Gasteiger partial charge in [0.05, 0.1) is 11.4 Å². The van der Waals surface area contributed by atoms with E-state index in [1.807, 2.05) is 24.3 Å². The maximum Gasteiger partial charge on any atom is 0.215 e. The van der Waals surface area contributed by atoms with E-state index >= 15 is 0 Å². The summed E-state index contributed by atoms with van der Waals surface area (Å²) in [5.74, 6) is 0.225. The molecule has 1 heterocycles. The van der Waals surface area contributed by atoms with E-state index in [1.54, 1.807) is 40.5 Å². The molecular formula is C24H30N4O3S. The predicted octanol–water partition coefficient (Wildman–Crippen LogP) is 3.27. The number of fused-ring (bicyclic) bond motifs is 1. The lowest BCUT2D eigenvalue weighted by Crippen LogP contribution is -2.45. The molecule has 0 bridgehead atoms. The van der Waals surface area contributed by atoms with Crippen molar-refractivity contribution in [2.24, 2.45) is 10.7 Å². The molecule has 32 heavy (non-hydrogen) atoms. The number of carbonyl (C=O) groups is 1. The third-order valence-corrected chi connectivity index (χ3v) is 8.32. The van der Waals surface area contributed by atoms with Crippen LogP contribution in [0.15, 0.2) is 53.5 Å². The van der Waals surface area contributed by atoms with E-state index in [-0.39, 0.29) is 24.1 Å². The molecule has 4 rings (SSSR count). The predicted molar refractivity (Wildman–Crippen MR) is 126 cm³/mol. The third-order valence-electron chi connectivity index (χ3n) is 6.44. The summed E-state index contributed by atoms with van der Waals surface area (Å²) in [6.45, 7) is 0.675. The fraction of sp³-hybridized carbons (Fsp3) is 0.417. The molecule has 1 aliphatic carbocycles. The van der Waals surface area contributed by atoms with Gasteiger partial charge >= 0.3 is 0 Å². The molecule has 0 radical (unpaired) electrons. The fourth-order valence-electron chi connectivity index (χ4n) is 4.43. The van der Waals surface area contributed by atoms with E-state index in [0.717, 1.165) is 31.2 Å². The molecule has 0 aromatic heterocycles. The Balaban J connectivity index is 1.45. The van der Waals surface area contributed by atoms with Crippen LogP contribution in [0.2, 0.25) is 0 Å². The van der Waals surface area contributed by atoms with Crippen molar-refractivity contribution < 1.29 is 13.2 Å². The quantitative estimate of drug-likeness (QED) is 0.648. The Morgan fingerprint density at radius 2 is 1.81 bits per heavy atom. The SMILES string of the molecule is CN(C1CCCCC1)S(=O)(=O)CCN1Cc2cc(C(=O)c3ccccc3)ccc2N=C1N. The summed E-state index contributed by atoms with van der Waals surface area (Å²) in [6, 6.07) is 14.6. The summed E-state index contributed by atoms with van der Waals surface area (Å²) in [4.78, 5) is 19.0. The number of carbonyl (C=O) groups excluding carboxylic acids is 1. The standard InChI is InChI=1S/C24H30N4O3S/c1-27(21-10-6-3-7-11-21)32(30,31)15-14-28-17-20-16-19(12-13-22(20)26-24(28)25)23(29)18-8-4-2-5-9-18/h2,4-5,8-9,12-13,16,21H,3,6-7,10-11,14-15,17H2,1H3,(H2,25,26). The highest BCUT2D eigenvalue weighted by Crippen LogP contribution is 2.28. The van der Waals surface area contributed by atoms with E-state index in [1.165, 1.54) is 6.42 Å². The van der Waals surface area contributed by atoms with Gasteiger partial charge in [-0.25, -0.2) is 17.7 Å². The first-order chi connectivity index (χ1) is 15.3. The summed E-state index contributed by atoms with van der Waals surface area (Å²) in [7, 11) is -1.70. The summed E-state index contributed by atoms with van der Waals surface area (Å²) < 4.78 is 27.3. The van der Waals surface area contributed by atoms with Crippen molar-refractivity contribution >= 4 is 27.5 Å². The second kappa shape index (κ2) is 9.42. The number of benzene rings is 2. The average Bonchev–Trinajstić information content (AvgIpc) is 2.82. The summed E-state index contributed by atoms with van der Waals surface area (Å²) in [6.07, 6.45) is 5.19. The molecule has 170 valence electrons. The van der Waals surface area contributed by atoms with Crippen LogP contribution in [0.25, 0.3) is 0 Å². The van der Waals surface area contributed by atoms with E-state index in [9.17, 15) is 13.2 Å². The lowest BCUT2D eigenvalue weighted by Gasteiger charge is -2.32. The first-order valence-corrected chi connectivity index (χ1v) is 12.7. The zero-order chi connectivity index (χ0) is 22.7. The Bertz CT molecular complexity index is 1110. The molecule has 0 unspecified atom stereocenters. The number of sulfonamides is 1. The van der Waals surface area contributed by atoms with Crippen LogP contribution in [-0.4, -0.2) is 54.8 Å². The van der Waals surface area contributed by atoms with Crippen molar-refractivity contribution in [3.05, 3.63) is 65.2 Å². The monoisotopic (exact) mass is 454 g/mol. The van der Waals surface area contributed by atoms with Gasteiger partial charge in [0.1, 0.15) is 0 Å². The van der Waals surface area contributed by atoms with Crippen molar-refractivity contribution in [1.82, 2.24) is 9.21 Å².